The molecule has 0 radical (unpaired) electrons. The predicted molar refractivity (Wildman–Crippen MR) is 196 cm³/mol. The fraction of sp³-hybridized carbons (Fsp3) is 0. The Morgan fingerprint density at radius 1 is 0.388 bits per heavy atom. The zero-order valence-corrected chi connectivity index (χ0v) is 26.6. The van der Waals surface area contributed by atoms with Gasteiger partial charge in [-0.15, -0.1) is 11.3 Å². The number of nitriles is 4. The van der Waals surface area contributed by atoms with Crippen molar-refractivity contribution in [2.75, 3.05) is 0 Å². The minimum atomic E-state index is 0.0359. The molecule has 0 amide bonds. The first-order valence-electron chi connectivity index (χ1n) is 15.7. The van der Waals surface area contributed by atoms with E-state index < -0.39 is 0 Å². The molecule has 9 rings (SSSR count). The molecule has 0 saturated carbocycles. The molecule has 49 heavy (non-hydrogen) atoms. The van der Waals surface area contributed by atoms with Crippen molar-refractivity contribution in [3.63, 3.8) is 0 Å². The molecule has 2 aliphatic rings. The smallest absolute Gasteiger partial charge is 0.138 e. The monoisotopic (exact) mass is 636 g/mol. The maximum absolute atomic E-state index is 10.1. The van der Waals surface area contributed by atoms with Crippen molar-refractivity contribution in [2.24, 2.45) is 0 Å². The average Bonchev–Trinajstić information content (AvgIpc) is 3.78. The lowest BCUT2D eigenvalue weighted by Crippen LogP contribution is -1.89. The Hall–Kier alpha value is -7.02. The highest BCUT2D eigenvalue weighted by Gasteiger charge is 2.39. The van der Waals surface area contributed by atoms with Crippen molar-refractivity contribution in [1.29, 1.82) is 21.0 Å². The molecule has 4 nitrogen and oxygen atoms in total. The van der Waals surface area contributed by atoms with Gasteiger partial charge in [-0.1, -0.05) is 97.1 Å². The van der Waals surface area contributed by atoms with E-state index >= 15 is 0 Å². The molecule has 5 heteroatoms. The summed E-state index contributed by atoms with van der Waals surface area (Å²) in [6, 6.07) is 50.2. The number of hydrogen-bond acceptors (Lipinski definition) is 5. The molecule has 0 bridgehead atoms. The SMILES string of the molecule is N#CC(C#N)=C1c2cc(-c3ccc4ccccc4c3)ccc2-c2c1sc1c2-c2ccc(-c3ccc4ccccc4c3)cc2C1=C(C#N)C#N. The van der Waals surface area contributed by atoms with Gasteiger partial charge < -0.3 is 0 Å². The Morgan fingerprint density at radius 3 is 1.16 bits per heavy atom. The van der Waals surface area contributed by atoms with E-state index in [4.69, 9.17) is 0 Å². The summed E-state index contributed by atoms with van der Waals surface area (Å²) in [6.07, 6.45) is 0. The van der Waals surface area contributed by atoms with Crippen LogP contribution in [0.3, 0.4) is 0 Å². The Morgan fingerprint density at radius 2 is 0.755 bits per heavy atom. The molecule has 1 heterocycles. The summed E-state index contributed by atoms with van der Waals surface area (Å²) in [5, 5.41) is 45.2. The van der Waals surface area contributed by atoms with Crippen LogP contribution < -0.4 is 0 Å². The molecular weight excluding hydrogens is 617 g/mol. The van der Waals surface area contributed by atoms with Crippen LogP contribution in [0.15, 0.2) is 132 Å². The average molecular weight is 637 g/mol. The van der Waals surface area contributed by atoms with E-state index in [0.29, 0.717) is 11.1 Å². The minimum Gasteiger partial charge on any atom is -0.192 e. The quantitative estimate of drug-likeness (QED) is 0.176. The first kappa shape index (κ1) is 28.2. The number of hydrogen-bond donors (Lipinski definition) is 0. The number of nitrogens with zero attached hydrogens (tertiary/aromatic N) is 4. The number of allylic oxidation sites excluding steroid dienone is 2. The van der Waals surface area contributed by atoms with Crippen LogP contribution in [0.2, 0.25) is 0 Å². The highest BCUT2D eigenvalue weighted by atomic mass is 32.1. The topological polar surface area (TPSA) is 95.2 Å². The normalized spacial score (nSPS) is 11.9. The highest BCUT2D eigenvalue weighted by Crippen LogP contribution is 2.61. The van der Waals surface area contributed by atoms with Gasteiger partial charge in [0.1, 0.15) is 35.4 Å². The summed E-state index contributed by atoms with van der Waals surface area (Å²) < 4.78 is 0. The number of thiophene rings is 1. The molecule has 0 aliphatic heterocycles. The lowest BCUT2D eigenvalue weighted by atomic mass is 9.93. The summed E-state index contributed by atoms with van der Waals surface area (Å²) in [7, 11) is 0. The van der Waals surface area contributed by atoms with Gasteiger partial charge in [0.2, 0.25) is 0 Å². The molecule has 222 valence electrons. The molecule has 6 aromatic carbocycles. The van der Waals surface area contributed by atoms with Crippen LogP contribution in [0.4, 0.5) is 0 Å². The standard InChI is InChI=1S/C44H20N4S/c45-21-33(22-46)39-37-19-31(29-11-9-25-5-1-3-7-27(25)17-29)13-15-35(37)41-42-36-16-14-32(30-12-10-26-6-2-4-8-28(26)18-30)20-38(36)40(34(23-47)24-48)44(42)49-43(39)41/h1-20H. The minimum absolute atomic E-state index is 0.0359. The molecule has 0 N–H and O–H groups in total. The second kappa shape index (κ2) is 10.8. The van der Waals surface area contributed by atoms with Crippen molar-refractivity contribution in [3.05, 3.63) is 153 Å². The van der Waals surface area contributed by atoms with Crippen molar-refractivity contribution in [1.82, 2.24) is 0 Å². The first-order valence-corrected chi connectivity index (χ1v) is 16.5. The zero-order valence-electron chi connectivity index (χ0n) is 25.7. The number of benzene rings is 6. The van der Waals surface area contributed by atoms with E-state index in [2.05, 4.69) is 121 Å². The van der Waals surface area contributed by atoms with Gasteiger partial charge >= 0.3 is 0 Å². The van der Waals surface area contributed by atoms with Crippen LogP contribution in [-0.2, 0) is 0 Å². The zero-order chi connectivity index (χ0) is 33.2. The molecule has 2 aliphatic carbocycles. The highest BCUT2D eigenvalue weighted by molar-refractivity contribution is 7.16. The van der Waals surface area contributed by atoms with Crippen molar-refractivity contribution >= 4 is 44.0 Å². The molecule has 0 spiro atoms. The second-order valence-corrected chi connectivity index (χ2v) is 13.1. The van der Waals surface area contributed by atoms with E-state index in [9.17, 15) is 21.0 Å². The van der Waals surface area contributed by atoms with E-state index in [1.165, 1.54) is 11.3 Å². The van der Waals surface area contributed by atoms with Crippen LogP contribution >= 0.6 is 11.3 Å². The van der Waals surface area contributed by atoms with Crippen LogP contribution in [-0.4, -0.2) is 0 Å². The van der Waals surface area contributed by atoms with E-state index in [1.807, 2.05) is 24.3 Å². The van der Waals surface area contributed by atoms with Crippen LogP contribution in [0.5, 0.6) is 0 Å². The fourth-order valence-corrected chi connectivity index (χ4v) is 8.81. The van der Waals surface area contributed by atoms with E-state index in [0.717, 1.165) is 86.9 Å². The van der Waals surface area contributed by atoms with Gasteiger partial charge in [0, 0.05) is 32.0 Å². The van der Waals surface area contributed by atoms with Crippen molar-refractivity contribution in [3.8, 4) is 68.8 Å². The lowest BCUT2D eigenvalue weighted by molar-refractivity contribution is 1.46. The van der Waals surface area contributed by atoms with Gasteiger partial charge in [-0.05, 0) is 90.3 Å². The van der Waals surface area contributed by atoms with Crippen molar-refractivity contribution in [2.45, 2.75) is 0 Å². The van der Waals surface area contributed by atoms with Crippen LogP contribution in [0, 0.1) is 45.3 Å². The first-order chi connectivity index (χ1) is 24.1. The maximum atomic E-state index is 10.1. The molecular formula is C44H20N4S. The van der Waals surface area contributed by atoms with E-state index in [1.54, 1.807) is 0 Å². The van der Waals surface area contributed by atoms with Gasteiger partial charge in [0.15, 0.2) is 0 Å². The van der Waals surface area contributed by atoms with Crippen LogP contribution in [0.1, 0.15) is 20.9 Å². The third kappa shape index (κ3) is 4.12. The number of fused-ring (bicyclic) bond motifs is 9. The fourth-order valence-electron chi connectivity index (χ4n) is 7.35. The number of rotatable bonds is 2. The molecule has 0 atom stereocenters. The lowest BCUT2D eigenvalue weighted by Gasteiger charge is -2.10. The summed E-state index contributed by atoms with van der Waals surface area (Å²) in [4.78, 5) is 1.62. The molecule has 1 aromatic heterocycles. The Bertz CT molecular complexity index is 2650. The summed E-state index contributed by atoms with van der Waals surface area (Å²) in [5.74, 6) is 0. The Balaban J connectivity index is 1.27. The summed E-state index contributed by atoms with van der Waals surface area (Å²) in [6.45, 7) is 0. The van der Waals surface area contributed by atoms with Crippen molar-refractivity contribution < 1.29 is 0 Å². The van der Waals surface area contributed by atoms with Gasteiger partial charge in [-0.3, -0.25) is 0 Å². The molecule has 0 unspecified atom stereocenters. The van der Waals surface area contributed by atoms with E-state index in [-0.39, 0.29) is 11.1 Å². The maximum Gasteiger partial charge on any atom is 0.138 e. The molecule has 0 fully saturated rings. The largest absolute Gasteiger partial charge is 0.192 e. The van der Waals surface area contributed by atoms with Gasteiger partial charge in [-0.25, -0.2) is 0 Å². The molecule has 0 saturated heterocycles. The van der Waals surface area contributed by atoms with Gasteiger partial charge in [0.05, 0.1) is 0 Å². The Labute approximate surface area is 286 Å². The summed E-state index contributed by atoms with van der Waals surface area (Å²) in [5.41, 5.74) is 10.7. The Kier molecular flexibility index (Phi) is 6.20. The summed E-state index contributed by atoms with van der Waals surface area (Å²) >= 11 is 1.45. The third-order valence-electron chi connectivity index (χ3n) is 9.59. The van der Waals surface area contributed by atoms with Gasteiger partial charge in [0.25, 0.3) is 0 Å². The third-order valence-corrected chi connectivity index (χ3v) is 10.8. The van der Waals surface area contributed by atoms with Crippen LogP contribution in [0.25, 0.3) is 77.2 Å². The molecule has 7 aromatic rings. The predicted octanol–water partition coefficient (Wildman–Crippen LogP) is 11.0. The van der Waals surface area contributed by atoms with Gasteiger partial charge in [-0.2, -0.15) is 21.0 Å². The second-order valence-electron chi connectivity index (χ2n) is 12.1.